The van der Waals surface area contributed by atoms with E-state index in [-0.39, 0.29) is 21.8 Å². The average Bonchev–Trinajstić information content (AvgIpc) is 2.79. The molecule has 3 aromatic carbocycles. The maximum absolute atomic E-state index is 13.6. The number of nitro benzene ring substituents is 1. The predicted octanol–water partition coefficient (Wildman–Crippen LogP) is 4.82. The molecule has 178 valence electrons. The number of rotatable bonds is 8. The molecule has 0 aromatic heterocycles. The molecule has 0 radical (unpaired) electrons. The number of carbonyl (C=O) groups excluding carboxylic acids is 1. The normalized spacial score (nSPS) is 11.1. The van der Waals surface area contributed by atoms with Crippen LogP contribution in [0, 0.1) is 24.0 Å². The highest BCUT2D eigenvalue weighted by atomic mass is 79.9. The highest BCUT2D eigenvalue weighted by Gasteiger charge is 2.28. The number of nitrogens with one attached hydrogen (secondary N) is 1. The fourth-order valence-corrected chi connectivity index (χ4v) is 5.38. The lowest BCUT2D eigenvalue weighted by molar-refractivity contribution is -0.385. The van der Waals surface area contributed by atoms with Crippen LogP contribution in [0.15, 0.2) is 70.0 Å². The highest BCUT2D eigenvalue weighted by Crippen LogP contribution is 2.31. The second-order valence-corrected chi connectivity index (χ2v) is 10.1. The Labute approximate surface area is 205 Å². The molecule has 0 saturated carbocycles. The third-order valence-electron chi connectivity index (χ3n) is 5.10. The number of hydrogen-bond donors (Lipinski definition) is 1. The second kappa shape index (κ2) is 10.2. The minimum Gasteiger partial charge on any atom is -0.496 e. The van der Waals surface area contributed by atoms with Crippen molar-refractivity contribution in [1.82, 2.24) is 0 Å². The van der Waals surface area contributed by atoms with Gasteiger partial charge < -0.3 is 10.1 Å². The minimum atomic E-state index is -4.15. The van der Waals surface area contributed by atoms with E-state index in [4.69, 9.17) is 4.74 Å². The SMILES string of the molecule is COc1ccc(S(=O)(=O)N(CC(=O)Nc2cccc([N+](=O)[O-])c2C)c2ccc(C)cc2)cc1Br. The van der Waals surface area contributed by atoms with Gasteiger partial charge in [-0.1, -0.05) is 23.8 Å². The summed E-state index contributed by atoms with van der Waals surface area (Å²) in [4.78, 5) is 23.5. The van der Waals surface area contributed by atoms with Crippen LogP contribution in [0.25, 0.3) is 0 Å². The molecule has 0 atom stereocenters. The van der Waals surface area contributed by atoms with Crippen LogP contribution >= 0.6 is 15.9 Å². The molecule has 0 aliphatic carbocycles. The molecular weight excluding hydrogens is 526 g/mol. The van der Waals surface area contributed by atoms with Gasteiger partial charge in [-0.25, -0.2) is 8.42 Å². The van der Waals surface area contributed by atoms with Crippen LogP contribution in [-0.2, 0) is 14.8 Å². The first kappa shape index (κ1) is 25.2. The van der Waals surface area contributed by atoms with Crippen molar-refractivity contribution >= 4 is 48.9 Å². The van der Waals surface area contributed by atoms with E-state index in [1.54, 1.807) is 24.3 Å². The summed E-state index contributed by atoms with van der Waals surface area (Å²) in [7, 11) is -2.69. The van der Waals surface area contributed by atoms with Gasteiger partial charge >= 0.3 is 0 Å². The standard InChI is InChI=1S/C23H22BrN3O6S/c1-15-7-9-17(10-8-15)26(34(31,32)18-11-12-22(33-3)19(24)13-18)14-23(28)25-20-5-4-6-21(16(20)2)27(29)30/h4-13H,14H2,1-3H3,(H,25,28). The average molecular weight is 548 g/mol. The molecule has 0 aliphatic heterocycles. The molecule has 0 aliphatic rings. The van der Waals surface area contributed by atoms with Gasteiger partial charge in [0.05, 0.1) is 38.3 Å². The van der Waals surface area contributed by atoms with E-state index in [2.05, 4.69) is 21.2 Å². The van der Waals surface area contributed by atoms with Gasteiger partial charge in [0.25, 0.3) is 15.7 Å². The number of anilines is 2. The number of nitro groups is 1. The van der Waals surface area contributed by atoms with Crippen LogP contribution in [0.1, 0.15) is 11.1 Å². The fourth-order valence-electron chi connectivity index (χ4n) is 3.24. The fraction of sp³-hybridized carbons (Fsp3) is 0.174. The maximum atomic E-state index is 13.6. The van der Waals surface area contributed by atoms with Crippen molar-refractivity contribution < 1.29 is 22.9 Å². The second-order valence-electron chi connectivity index (χ2n) is 7.40. The third kappa shape index (κ3) is 5.37. The summed E-state index contributed by atoms with van der Waals surface area (Å²) in [5.41, 5.74) is 1.56. The first-order chi connectivity index (χ1) is 16.0. The lowest BCUT2D eigenvalue weighted by atomic mass is 10.1. The molecule has 1 N–H and O–H groups in total. The van der Waals surface area contributed by atoms with Gasteiger partial charge in [-0.15, -0.1) is 0 Å². The molecule has 0 spiro atoms. The lowest BCUT2D eigenvalue weighted by Gasteiger charge is -2.24. The van der Waals surface area contributed by atoms with Crippen molar-refractivity contribution in [1.29, 1.82) is 0 Å². The van der Waals surface area contributed by atoms with E-state index in [1.165, 1.54) is 50.4 Å². The first-order valence-electron chi connectivity index (χ1n) is 10.0. The van der Waals surface area contributed by atoms with Crippen LogP contribution in [0.5, 0.6) is 5.75 Å². The Morgan fingerprint density at radius 3 is 2.38 bits per heavy atom. The van der Waals surface area contributed by atoms with Crippen molar-refractivity contribution in [2.75, 3.05) is 23.3 Å². The van der Waals surface area contributed by atoms with Crippen LogP contribution in [0.4, 0.5) is 17.1 Å². The molecule has 0 fully saturated rings. The van der Waals surface area contributed by atoms with Gasteiger partial charge in [0.15, 0.2) is 0 Å². The molecule has 0 saturated heterocycles. The van der Waals surface area contributed by atoms with Crippen molar-refractivity contribution in [3.63, 3.8) is 0 Å². The smallest absolute Gasteiger partial charge is 0.274 e. The van der Waals surface area contributed by atoms with Gasteiger partial charge in [-0.3, -0.25) is 19.2 Å². The van der Waals surface area contributed by atoms with Gasteiger partial charge in [0.2, 0.25) is 5.91 Å². The summed E-state index contributed by atoms with van der Waals surface area (Å²) in [5.74, 6) is -0.194. The van der Waals surface area contributed by atoms with Gasteiger partial charge in [0.1, 0.15) is 12.3 Å². The zero-order valence-corrected chi connectivity index (χ0v) is 21.0. The molecule has 1 amide bonds. The van der Waals surface area contributed by atoms with Crippen LogP contribution in [0.2, 0.25) is 0 Å². The number of amides is 1. The number of hydrogen-bond acceptors (Lipinski definition) is 6. The first-order valence-corrected chi connectivity index (χ1v) is 12.2. The van der Waals surface area contributed by atoms with E-state index in [0.717, 1.165) is 9.87 Å². The van der Waals surface area contributed by atoms with Gasteiger partial charge in [-0.05, 0) is 66.2 Å². The summed E-state index contributed by atoms with van der Waals surface area (Å²) >= 11 is 3.29. The van der Waals surface area contributed by atoms with E-state index >= 15 is 0 Å². The molecular formula is C23H22BrN3O6S. The van der Waals surface area contributed by atoms with E-state index in [0.29, 0.717) is 15.9 Å². The Morgan fingerprint density at radius 1 is 1.12 bits per heavy atom. The Bertz CT molecular complexity index is 1340. The predicted molar refractivity (Wildman–Crippen MR) is 133 cm³/mol. The molecule has 9 nitrogen and oxygen atoms in total. The number of ether oxygens (including phenoxy) is 1. The number of halogens is 1. The molecule has 0 unspecified atom stereocenters. The van der Waals surface area contributed by atoms with Crippen molar-refractivity contribution in [3.05, 3.63) is 86.4 Å². The number of carbonyl (C=O) groups is 1. The summed E-state index contributed by atoms with van der Waals surface area (Å²) in [6.07, 6.45) is 0. The topological polar surface area (TPSA) is 119 Å². The Morgan fingerprint density at radius 2 is 1.79 bits per heavy atom. The molecule has 34 heavy (non-hydrogen) atoms. The zero-order valence-electron chi connectivity index (χ0n) is 18.6. The summed E-state index contributed by atoms with van der Waals surface area (Å²) in [5, 5.41) is 13.8. The summed E-state index contributed by atoms with van der Waals surface area (Å²) in [6.45, 7) is 2.83. The molecule has 0 heterocycles. The van der Waals surface area contributed by atoms with Crippen LogP contribution in [-0.4, -0.2) is 32.9 Å². The lowest BCUT2D eigenvalue weighted by Crippen LogP contribution is -2.38. The Kier molecular flexibility index (Phi) is 7.57. The molecule has 11 heteroatoms. The molecule has 3 rings (SSSR count). The quantitative estimate of drug-likeness (QED) is 0.319. The Hall–Kier alpha value is -3.44. The van der Waals surface area contributed by atoms with Gasteiger partial charge in [0, 0.05) is 6.07 Å². The summed E-state index contributed by atoms with van der Waals surface area (Å²) < 4.78 is 33.7. The Balaban J connectivity index is 1.98. The van der Waals surface area contributed by atoms with E-state index in [1.807, 2.05) is 6.92 Å². The van der Waals surface area contributed by atoms with Crippen LogP contribution in [0.3, 0.4) is 0 Å². The number of nitrogens with zero attached hydrogens (tertiary/aromatic N) is 2. The minimum absolute atomic E-state index is 0.0416. The third-order valence-corrected chi connectivity index (χ3v) is 7.49. The van der Waals surface area contributed by atoms with E-state index < -0.39 is 27.4 Å². The van der Waals surface area contributed by atoms with E-state index in [9.17, 15) is 23.3 Å². The highest BCUT2D eigenvalue weighted by molar-refractivity contribution is 9.10. The zero-order chi connectivity index (χ0) is 25.0. The van der Waals surface area contributed by atoms with Crippen molar-refractivity contribution in [2.45, 2.75) is 18.7 Å². The molecule has 3 aromatic rings. The maximum Gasteiger partial charge on any atom is 0.274 e. The summed E-state index contributed by atoms with van der Waals surface area (Å²) in [6, 6.07) is 15.3. The van der Waals surface area contributed by atoms with Crippen molar-refractivity contribution in [3.8, 4) is 5.75 Å². The van der Waals surface area contributed by atoms with Gasteiger partial charge in [-0.2, -0.15) is 0 Å². The monoisotopic (exact) mass is 547 g/mol. The number of methoxy groups -OCH3 is 1. The largest absolute Gasteiger partial charge is 0.496 e. The van der Waals surface area contributed by atoms with Crippen LogP contribution < -0.4 is 14.4 Å². The number of aryl methyl sites for hydroxylation is 1. The van der Waals surface area contributed by atoms with Crippen molar-refractivity contribution in [2.24, 2.45) is 0 Å². The number of sulfonamides is 1. The molecule has 0 bridgehead atoms. The number of benzene rings is 3.